The van der Waals surface area contributed by atoms with Crippen LogP contribution in [0.15, 0.2) is 4.99 Å². The smallest absolute Gasteiger partial charge is 0.114 e. The molecule has 0 saturated carbocycles. The van der Waals surface area contributed by atoms with Crippen molar-refractivity contribution in [3.8, 4) is 0 Å². The van der Waals surface area contributed by atoms with E-state index in [0.29, 0.717) is 6.04 Å². The minimum atomic E-state index is 0.544. The largest absolute Gasteiger partial charge is 0.371 e. The van der Waals surface area contributed by atoms with E-state index < -0.39 is 0 Å². The minimum absolute atomic E-state index is 0.544. The number of hydrogen-bond acceptors (Lipinski definition) is 3. The van der Waals surface area contributed by atoms with Crippen LogP contribution >= 0.6 is 0 Å². The van der Waals surface area contributed by atoms with Gasteiger partial charge in [0.1, 0.15) is 5.84 Å². The molecule has 0 bridgehead atoms. The maximum absolute atomic E-state index is 4.36. The van der Waals surface area contributed by atoms with Crippen molar-refractivity contribution in [3.05, 3.63) is 0 Å². The van der Waals surface area contributed by atoms with Crippen molar-refractivity contribution in [1.29, 1.82) is 0 Å². The molecule has 0 radical (unpaired) electrons. The van der Waals surface area contributed by atoms with Crippen LogP contribution in [0.1, 0.15) is 12.8 Å². The van der Waals surface area contributed by atoms with Crippen LogP contribution in [0.2, 0.25) is 0 Å². The predicted octanol–water partition coefficient (Wildman–Crippen LogP) is -0.260. The molecule has 3 nitrogen and oxygen atoms in total. The highest BCUT2D eigenvalue weighted by Crippen LogP contribution is 2.06. The van der Waals surface area contributed by atoms with Gasteiger partial charge in [-0.2, -0.15) is 0 Å². The minimum Gasteiger partial charge on any atom is -0.371 e. The summed E-state index contributed by atoms with van der Waals surface area (Å²) in [6.07, 6.45) is 2.55. The molecule has 10 heavy (non-hydrogen) atoms. The first-order valence-electron chi connectivity index (χ1n) is 3.98. The molecule has 0 aromatic rings. The van der Waals surface area contributed by atoms with Gasteiger partial charge in [-0.05, 0) is 19.4 Å². The molecule has 2 aliphatic heterocycles. The lowest BCUT2D eigenvalue weighted by Crippen LogP contribution is -2.37. The molecule has 0 aliphatic carbocycles. The van der Waals surface area contributed by atoms with E-state index in [1.54, 1.807) is 0 Å². The molecule has 56 valence electrons. The van der Waals surface area contributed by atoms with E-state index in [0.717, 1.165) is 19.6 Å². The lowest BCUT2D eigenvalue weighted by atomic mass is 10.2. The van der Waals surface area contributed by atoms with Crippen LogP contribution in [0.4, 0.5) is 0 Å². The molecular weight excluding hydrogens is 126 g/mol. The summed E-state index contributed by atoms with van der Waals surface area (Å²) in [4.78, 5) is 4.36. The highest BCUT2D eigenvalue weighted by Gasteiger charge is 2.21. The maximum Gasteiger partial charge on any atom is 0.114 e. The highest BCUT2D eigenvalue weighted by atomic mass is 15.1. The molecule has 1 saturated heterocycles. The first-order chi connectivity index (χ1) is 4.97. The van der Waals surface area contributed by atoms with Crippen LogP contribution in [-0.4, -0.2) is 31.5 Å². The molecule has 0 aromatic carbocycles. The predicted molar refractivity (Wildman–Crippen MR) is 41.3 cm³/mol. The van der Waals surface area contributed by atoms with Gasteiger partial charge in [-0.3, -0.25) is 4.99 Å². The van der Waals surface area contributed by atoms with E-state index in [1.165, 1.54) is 18.7 Å². The molecule has 0 aromatic heterocycles. The summed E-state index contributed by atoms with van der Waals surface area (Å²) in [5, 5.41) is 6.69. The third kappa shape index (κ3) is 1.01. The standard InChI is InChI=1S/C7H13N3/c1-2-6(8-3-1)7-9-4-5-10-7/h6,8H,1-5H2,(H,9,10)/t6-/m0/s1. The van der Waals surface area contributed by atoms with Gasteiger partial charge in [0.05, 0.1) is 12.6 Å². The first-order valence-corrected chi connectivity index (χ1v) is 3.98. The van der Waals surface area contributed by atoms with E-state index >= 15 is 0 Å². The molecule has 3 heteroatoms. The van der Waals surface area contributed by atoms with E-state index in [1.807, 2.05) is 0 Å². The van der Waals surface area contributed by atoms with Crippen LogP contribution in [-0.2, 0) is 0 Å². The fourth-order valence-electron chi connectivity index (χ4n) is 1.57. The molecule has 0 unspecified atom stereocenters. The van der Waals surface area contributed by atoms with E-state index in [9.17, 15) is 0 Å². The zero-order valence-corrected chi connectivity index (χ0v) is 6.06. The molecule has 2 heterocycles. The van der Waals surface area contributed by atoms with Crippen molar-refractivity contribution in [3.63, 3.8) is 0 Å². The number of hydrogen-bond donors (Lipinski definition) is 2. The van der Waals surface area contributed by atoms with E-state index in [4.69, 9.17) is 0 Å². The molecule has 0 amide bonds. The molecule has 1 atom stereocenters. The van der Waals surface area contributed by atoms with Gasteiger partial charge in [-0.1, -0.05) is 0 Å². The van der Waals surface area contributed by atoms with Gasteiger partial charge < -0.3 is 10.6 Å². The number of amidine groups is 1. The molecule has 2 aliphatic rings. The van der Waals surface area contributed by atoms with Crippen LogP contribution in [0.5, 0.6) is 0 Å². The molecule has 2 N–H and O–H groups in total. The van der Waals surface area contributed by atoms with Crippen molar-refractivity contribution in [2.24, 2.45) is 4.99 Å². The summed E-state index contributed by atoms with van der Waals surface area (Å²) in [6.45, 7) is 3.16. The Morgan fingerprint density at radius 3 is 3.00 bits per heavy atom. The Balaban J connectivity index is 1.97. The molecule has 2 rings (SSSR count). The van der Waals surface area contributed by atoms with Gasteiger partial charge in [-0.15, -0.1) is 0 Å². The third-order valence-electron chi connectivity index (χ3n) is 2.09. The molecule has 0 spiro atoms. The van der Waals surface area contributed by atoms with Gasteiger partial charge >= 0.3 is 0 Å². The summed E-state index contributed by atoms with van der Waals surface area (Å²) in [7, 11) is 0. The molecular formula is C7H13N3. The number of rotatable bonds is 1. The normalized spacial score (nSPS) is 32.0. The third-order valence-corrected chi connectivity index (χ3v) is 2.09. The number of nitrogens with zero attached hydrogens (tertiary/aromatic N) is 1. The first kappa shape index (κ1) is 6.16. The van der Waals surface area contributed by atoms with Crippen LogP contribution in [0.25, 0.3) is 0 Å². The van der Waals surface area contributed by atoms with Crippen LogP contribution in [0, 0.1) is 0 Å². The Bertz CT molecular complexity index is 147. The van der Waals surface area contributed by atoms with Gasteiger partial charge in [0.15, 0.2) is 0 Å². The lowest BCUT2D eigenvalue weighted by molar-refractivity contribution is 0.743. The maximum atomic E-state index is 4.36. The Morgan fingerprint density at radius 1 is 1.40 bits per heavy atom. The van der Waals surface area contributed by atoms with Crippen molar-refractivity contribution >= 4 is 5.84 Å². The average molecular weight is 139 g/mol. The summed E-state index contributed by atoms with van der Waals surface area (Å²) in [6, 6.07) is 0.544. The quantitative estimate of drug-likeness (QED) is 0.525. The van der Waals surface area contributed by atoms with Gasteiger partial charge in [0.2, 0.25) is 0 Å². The lowest BCUT2D eigenvalue weighted by Gasteiger charge is -2.09. The average Bonchev–Trinajstić information content (AvgIpc) is 2.59. The number of nitrogens with one attached hydrogen (secondary N) is 2. The van der Waals surface area contributed by atoms with Gasteiger partial charge in [-0.25, -0.2) is 0 Å². The number of aliphatic imine (C=N–C) groups is 1. The van der Waals surface area contributed by atoms with Crippen molar-refractivity contribution in [1.82, 2.24) is 10.6 Å². The highest BCUT2D eigenvalue weighted by molar-refractivity contribution is 5.88. The van der Waals surface area contributed by atoms with Crippen LogP contribution < -0.4 is 10.6 Å². The summed E-state index contributed by atoms with van der Waals surface area (Å²) < 4.78 is 0. The summed E-state index contributed by atoms with van der Waals surface area (Å²) in [5.74, 6) is 1.19. The summed E-state index contributed by atoms with van der Waals surface area (Å²) >= 11 is 0. The molecule has 1 fully saturated rings. The Labute approximate surface area is 60.9 Å². The second-order valence-corrected chi connectivity index (χ2v) is 2.84. The van der Waals surface area contributed by atoms with Gasteiger partial charge in [0.25, 0.3) is 0 Å². The van der Waals surface area contributed by atoms with E-state index in [2.05, 4.69) is 15.6 Å². The monoisotopic (exact) mass is 139 g/mol. The second-order valence-electron chi connectivity index (χ2n) is 2.84. The zero-order valence-electron chi connectivity index (χ0n) is 6.06. The fraction of sp³-hybridized carbons (Fsp3) is 0.857. The van der Waals surface area contributed by atoms with Crippen molar-refractivity contribution in [2.45, 2.75) is 18.9 Å². The van der Waals surface area contributed by atoms with E-state index in [-0.39, 0.29) is 0 Å². The summed E-state index contributed by atoms with van der Waals surface area (Å²) in [5.41, 5.74) is 0. The zero-order chi connectivity index (χ0) is 6.81. The topological polar surface area (TPSA) is 36.4 Å². The van der Waals surface area contributed by atoms with Crippen LogP contribution in [0.3, 0.4) is 0 Å². The van der Waals surface area contributed by atoms with Crippen molar-refractivity contribution < 1.29 is 0 Å². The Morgan fingerprint density at radius 2 is 2.40 bits per heavy atom. The van der Waals surface area contributed by atoms with Gasteiger partial charge in [0, 0.05) is 6.54 Å². The van der Waals surface area contributed by atoms with Crippen molar-refractivity contribution in [2.75, 3.05) is 19.6 Å². The SMILES string of the molecule is C1CN[C@H](C2=NCCN2)C1. The Kier molecular flexibility index (Phi) is 1.59. The second kappa shape index (κ2) is 2.58. The fourth-order valence-corrected chi connectivity index (χ4v) is 1.57. The Hall–Kier alpha value is -0.570.